The van der Waals surface area contributed by atoms with Crippen LogP contribution in [0.1, 0.15) is 309 Å². The van der Waals surface area contributed by atoms with Crippen molar-refractivity contribution in [2.75, 3.05) is 47.5 Å². The normalized spacial score (nSPS) is 13.6. The van der Waals surface area contributed by atoms with Crippen LogP contribution in [0.2, 0.25) is 0 Å². The number of allylic oxidation sites excluding steroid dienone is 12. The van der Waals surface area contributed by atoms with Crippen LogP contribution in [0.3, 0.4) is 0 Å². The molecule has 0 saturated carbocycles. The topological polar surface area (TPSA) is 108 Å². The van der Waals surface area contributed by atoms with Gasteiger partial charge < -0.3 is 18.9 Å². The first-order valence-electron chi connectivity index (χ1n) is 33.7. The highest BCUT2D eigenvalue weighted by molar-refractivity contribution is 7.47. The highest BCUT2D eigenvalue weighted by Crippen LogP contribution is 2.43. The van der Waals surface area contributed by atoms with Gasteiger partial charge in [0.05, 0.1) is 27.7 Å². The minimum atomic E-state index is -4.39. The maximum Gasteiger partial charge on any atom is 0.472 e. The minimum absolute atomic E-state index is 0.0318. The summed E-state index contributed by atoms with van der Waals surface area (Å²) in [5, 5.41) is 0. The number of phosphoric acid groups is 1. The number of carbonyl (C=O) groups is 2. The van der Waals surface area contributed by atoms with Gasteiger partial charge >= 0.3 is 19.8 Å². The number of hydrogen-bond acceptors (Lipinski definition) is 7. The molecule has 1 N–H and O–H groups in total. The maximum absolute atomic E-state index is 12.9. The Bertz CT molecular complexity index is 1580. The number of phosphoric ester groups is 1. The van der Waals surface area contributed by atoms with E-state index in [2.05, 4.69) is 86.8 Å². The Balaban J connectivity index is 3.93. The third-order valence-electron chi connectivity index (χ3n) is 14.7. The fraction of sp³-hybridized carbons (Fsp3) is 0.800. The largest absolute Gasteiger partial charge is 0.472 e. The standard InChI is InChI=1S/C70H128NO8P/c1-6-8-10-12-14-16-18-20-22-24-25-26-27-28-29-30-31-32-33-34-35-36-37-38-39-40-41-42-43-44-45-47-49-51-53-55-57-59-61-63-70(73)79-68(67-78-80(74,75)77-65-64-71(3,4)5)66-76-69(72)62-60-58-56-54-52-50-48-46-23-21-19-17-15-13-11-9-7-2/h8,10,14,16,20-23,25-26,28-29,68H,6-7,9,11-13,15,17-19,24,27,30-67H2,1-5H3/p+1/b10-8-,16-14-,22-20-,23-21-,26-25-,29-28-. The van der Waals surface area contributed by atoms with E-state index in [-0.39, 0.29) is 32.0 Å². The van der Waals surface area contributed by atoms with E-state index in [1.807, 2.05) is 21.1 Å². The number of likely N-dealkylation sites (N-methyl/N-ethyl adjacent to an activating group) is 1. The van der Waals surface area contributed by atoms with Crippen LogP contribution in [0.15, 0.2) is 72.9 Å². The molecule has 2 unspecified atom stereocenters. The van der Waals surface area contributed by atoms with Crippen molar-refractivity contribution in [3.63, 3.8) is 0 Å². The number of carbonyl (C=O) groups excluding carboxylic acids is 2. The first-order chi connectivity index (χ1) is 39.0. The van der Waals surface area contributed by atoms with Gasteiger partial charge in [-0.15, -0.1) is 0 Å². The molecular weight excluding hydrogens is 1010 g/mol. The molecule has 0 radical (unpaired) electrons. The van der Waals surface area contributed by atoms with Crippen LogP contribution in [0.25, 0.3) is 0 Å². The molecule has 2 atom stereocenters. The molecule has 0 rings (SSSR count). The van der Waals surface area contributed by atoms with Crippen LogP contribution >= 0.6 is 7.82 Å². The summed E-state index contributed by atoms with van der Waals surface area (Å²) in [5.41, 5.74) is 0. The average Bonchev–Trinajstić information content (AvgIpc) is 3.42. The van der Waals surface area contributed by atoms with Gasteiger partial charge in [-0.2, -0.15) is 0 Å². The predicted molar refractivity (Wildman–Crippen MR) is 344 cm³/mol. The van der Waals surface area contributed by atoms with Crippen molar-refractivity contribution >= 4 is 19.8 Å². The van der Waals surface area contributed by atoms with Crippen LogP contribution in [0.4, 0.5) is 0 Å². The Morgan fingerprint density at radius 3 is 1.07 bits per heavy atom. The highest BCUT2D eigenvalue weighted by atomic mass is 31.2. The molecule has 9 nitrogen and oxygen atoms in total. The van der Waals surface area contributed by atoms with E-state index >= 15 is 0 Å². The summed E-state index contributed by atoms with van der Waals surface area (Å²) < 4.78 is 34.6. The molecule has 80 heavy (non-hydrogen) atoms. The number of rotatable bonds is 62. The quantitative estimate of drug-likeness (QED) is 0.0211. The number of hydrogen-bond donors (Lipinski definition) is 1. The van der Waals surface area contributed by atoms with Crippen molar-refractivity contribution in [2.45, 2.75) is 315 Å². The zero-order valence-corrected chi connectivity index (χ0v) is 54.0. The van der Waals surface area contributed by atoms with E-state index in [4.69, 9.17) is 18.5 Å². The minimum Gasteiger partial charge on any atom is -0.462 e. The summed E-state index contributed by atoms with van der Waals surface area (Å²) in [6, 6.07) is 0. The zero-order chi connectivity index (χ0) is 58.4. The van der Waals surface area contributed by atoms with Crippen LogP contribution in [-0.4, -0.2) is 74.9 Å². The summed E-state index contributed by atoms with van der Waals surface area (Å²) >= 11 is 0. The van der Waals surface area contributed by atoms with E-state index in [0.29, 0.717) is 17.4 Å². The van der Waals surface area contributed by atoms with Gasteiger partial charge in [0.1, 0.15) is 19.8 Å². The second-order valence-electron chi connectivity index (χ2n) is 23.8. The van der Waals surface area contributed by atoms with E-state index in [0.717, 1.165) is 64.2 Å². The number of unbranched alkanes of at least 4 members (excludes halogenated alkanes) is 36. The molecule has 0 bridgehead atoms. The predicted octanol–water partition coefficient (Wildman–Crippen LogP) is 21.6. The van der Waals surface area contributed by atoms with Crippen molar-refractivity contribution in [1.29, 1.82) is 0 Å². The first kappa shape index (κ1) is 77.5. The van der Waals surface area contributed by atoms with Gasteiger partial charge in [0.25, 0.3) is 0 Å². The van der Waals surface area contributed by atoms with Gasteiger partial charge in [-0.25, -0.2) is 4.57 Å². The second-order valence-corrected chi connectivity index (χ2v) is 25.3. The van der Waals surface area contributed by atoms with Crippen LogP contribution in [-0.2, 0) is 32.7 Å². The molecule has 0 heterocycles. The Labute approximate surface area is 495 Å². The zero-order valence-electron chi connectivity index (χ0n) is 53.1. The Hall–Kier alpha value is -2.55. The van der Waals surface area contributed by atoms with Gasteiger partial charge in [-0.05, 0) is 83.5 Å². The summed E-state index contributed by atoms with van der Waals surface area (Å²) in [5.74, 6) is -0.789. The fourth-order valence-electron chi connectivity index (χ4n) is 9.57. The molecule has 466 valence electrons. The third-order valence-corrected chi connectivity index (χ3v) is 15.7. The van der Waals surface area contributed by atoms with Gasteiger partial charge in [-0.3, -0.25) is 18.6 Å². The molecule has 0 aliphatic heterocycles. The Morgan fingerprint density at radius 1 is 0.400 bits per heavy atom. The number of quaternary nitrogens is 1. The molecule has 0 aliphatic carbocycles. The molecule has 0 fully saturated rings. The molecule has 0 saturated heterocycles. The maximum atomic E-state index is 12.9. The van der Waals surface area contributed by atoms with E-state index < -0.39 is 26.5 Å². The molecule has 10 heteroatoms. The van der Waals surface area contributed by atoms with Gasteiger partial charge in [0.15, 0.2) is 6.10 Å². The van der Waals surface area contributed by atoms with Gasteiger partial charge in [0, 0.05) is 12.8 Å². The van der Waals surface area contributed by atoms with Crippen molar-refractivity contribution in [1.82, 2.24) is 0 Å². The number of ether oxygens (including phenoxy) is 2. The smallest absolute Gasteiger partial charge is 0.462 e. The number of esters is 2. The van der Waals surface area contributed by atoms with E-state index in [1.54, 1.807) is 0 Å². The van der Waals surface area contributed by atoms with Crippen LogP contribution < -0.4 is 0 Å². The highest BCUT2D eigenvalue weighted by Gasteiger charge is 2.27. The van der Waals surface area contributed by atoms with E-state index in [1.165, 1.54) is 212 Å². The van der Waals surface area contributed by atoms with Crippen LogP contribution in [0.5, 0.6) is 0 Å². The SMILES string of the molecule is CC/C=C\C/C=C\C/C=C\C/C=C\C/C=C\CCCCCCCCCCCCCCCCCCCCCCCCCC(=O)OC(COC(=O)CCCCCCCCC/C=C\CCCCCCCC)COP(=O)(O)OCC[N+](C)(C)C. The summed E-state index contributed by atoms with van der Waals surface area (Å²) in [6.07, 6.45) is 81.5. The van der Waals surface area contributed by atoms with E-state index in [9.17, 15) is 19.0 Å². The summed E-state index contributed by atoms with van der Waals surface area (Å²) in [6.45, 7) is 4.35. The molecule has 0 aromatic carbocycles. The Kier molecular flexibility index (Phi) is 59.1. The van der Waals surface area contributed by atoms with Crippen molar-refractivity contribution < 1.29 is 42.1 Å². The van der Waals surface area contributed by atoms with Crippen molar-refractivity contribution in [2.24, 2.45) is 0 Å². The third kappa shape index (κ3) is 64.6. The summed E-state index contributed by atoms with van der Waals surface area (Å²) in [7, 11) is 1.49. The summed E-state index contributed by atoms with van der Waals surface area (Å²) in [4.78, 5) is 35.8. The lowest BCUT2D eigenvalue weighted by molar-refractivity contribution is -0.870. The number of nitrogens with zero attached hydrogens (tertiary/aromatic N) is 1. The lowest BCUT2D eigenvalue weighted by Gasteiger charge is -2.24. The average molecular weight is 1140 g/mol. The Morgan fingerprint density at radius 2 is 0.713 bits per heavy atom. The fourth-order valence-corrected chi connectivity index (χ4v) is 10.3. The molecule has 0 aromatic heterocycles. The van der Waals surface area contributed by atoms with Crippen molar-refractivity contribution in [3.05, 3.63) is 72.9 Å². The van der Waals surface area contributed by atoms with Crippen LogP contribution in [0, 0.1) is 0 Å². The van der Waals surface area contributed by atoms with Gasteiger partial charge in [0.2, 0.25) is 0 Å². The van der Waals surface area contributed by atoms with Gasteiger partial charge in [-0.1, -0.05) is 286 Å². The molecule has 0 spiro atoms. The lowest BCUT2D eigenvalue weighted by atomic mass is 10.0. The lowest BCUT2D eigenvalue weighted by Crippen LogP contribution is -2.37. The monoisotopic (exact) mass is 1140 g/mol. The molecule has 0 amide bonds. The second kappa shape index (κ2) is 61.0. The van der Waals surface area contributed by atoms with Crippen molar-refractivity contribution in [3.8, 4) is 0 Å². The first-order valence-corrected chi connectivity index (χ1v) is 35.2. The molecule has 0 aliphatic rings. The molecule has 0 aromatic rings. The molecular formula is C70H129NO8P+.